The van der Waals surface area contributed by atoms with E-state index >= 15 is 0 Å². The second kappa shape index (κ2) is 6.95. The summed E-state index contributed by atoms with van der Waals surface area (Å²) in [6.07, 6.45) is 4.86. The van der Waals surface area contributed by atoms with Crippen LogP contribution in [-0.2, 0) is 6.42 Å². The van der Waals surface area contributed by atoms with Crippen molar-refractivity contribution in [3.63, 3.8) is 0 Å². The fraction of sp³-hybridized carbons (Fsp3) is 0.333. The summed E-state index contributed by atoms with van der Waals surface area (Å²) in [7, 11) is 0. The second-order valence-corrected chi connectivity index (χ2v) is 8.57. The first kappa shape index (κ1) is 18.1. The molecule has 0 unspecified atom stereocenters. The van der Waals surface area contributed by atoms with E-state index in [-0.39, 0.29) is 11.6 Å². The molecule has 0 spiro atoms. The molecule has 2 saturated carbocycles. The van der Waals surface area contributed by atoms with E-state index in [1.54, 1.807) is 10.7 Å². The van der Waals surface area contributed by atoms with Gasteiger partial charge in [-0.3, -0.25) is 4.79 Å². The van der Waals surface area contributed by atoms with Crippen LogP contribution >= 0.6 is 0 Å². The molecular weight excluding hydrogens is 390 g/mol. The molecule has 6 rings (SSSR count). The van der Waals surface area contributed by atoms with Crippen molar-refractivity contribution >= 4 is 21.8 Å². The lowest BCUT2D eigenvalue weighted by molar-refractivity contribution is 0.299. The van der Waals surface area contributed by atoms with Gasteiger partial charge in [0.25, 0.3) is 5.56 Å². The van der Waals surface area contributed by atoms with Gasteiger partial charge in [0.05, 0.1) is 46.7 Å². The molecule has 7 nitrogen and oxygen atoms in total. The van der Waals surface area contributed by atoms with Crippen molar-refractivity contribution in [3.05, 3.63) is 63.8 Å². The van der Waals surface area contributed by atoms with E-state index in [1.165, 1.54) is 12.8 Å². The number of nitrogens with zero attached hydrogens (tertiary/aromatic N) is 4. The molecule has 2 fully saturated rings. The van der Waals surface area contributed by atoms with Gasteiger partial charge in [-0.25, -0.2) is 9.67 Å². The van der Waals surface area contributed by atoms with Gasteiger partial charge >= 0.3 is 0 Å². The molecule has 0 atom stereocenters. The smallest absolute Gasteiger partial charge is 0.274 e. The first-order chi connectivity index (χ1) is 15.2. The molecule has 2 aliphatic rings. The Morgan fingerprint density at radius 1 is 1.16 bits per heavy atom. The van der Waals surface area contributed by atoms with Crippen LogP contribution in [0.1, 0.15) is 48.8 Å². The number of fused-ring (bicyclic) bond motifs is 2. The number of hydrogen-bond acceptors (Lipinski definition) is 5. The van der Waals surface area contributed by atoms with Gasteiger partial charge in [-0.1, -0.05) is 18.2 Å². The number of aromatic amines is 1. The van der Waals surface area contributed by atoms with Crippen molar-refractivity contribution in [3.8, 4) is 11.8 Å². The molecule has 4 aromatic rings. The standard InChI is InChI=1S/C24H21N5O2/c25-12-15-9-20-21(10-22(15)31-13-14-5-6-14)27-23(26-20)11-19-17-3-1-2-4-18(17)24(30)29(28-19)16-7-8-16/h1-4,9-10,14,16H,5-8,11,13H2,(H,26,27). The van der Waals surface area contributed by atoms with E-state index in [1.807, 2.05) is 30.3 Å². The average Bonchev–Trinajstić information content (AvgIpc) is 3.71. The number of rotatable bonds is 6. The van der Waals surface area contributed by atoms with Crippen LogP contribution in [0.5, 0.6) is 5.75 Å². The molecule has 0 saturated heterocycles. The molecule has 1 N–H and O–H groups in total. The summed E-state index contributed by atoms with van der Waals surface area (Å²) in [4.78, 5) is 20.9. The first-order valence-electron chi connectivity index (χ1n) is 10.8. The minimum Gasteiger partial charge on any atom is -0.492 e. The minimum atomic E-state index is -0.0254. The maximum atomic E-state index is 12.8. The molecular formula is C24H21N5O2. The van der Waals surface area contributed by atoms with Gasteiger partial charge in [0.1, 0.15) is 17.6 Å². The van der Waals surface area contributed by atoms with Crippen LogP contribution in [0.2, 0.25) is 0 Å². The SMILES string of the molecule is N#Cc1cc2nc(Cc3nn(C4CC4)c(=O)c4ccccc34)[nH]c2cc1OCC1CC1. The van der Waals surface area contributed by atoms with Gasteiger partial charge < -0.3 is 9.72 Å². The number of nitriles is 1. The average molecular weight is 411 g/mol. The third-order valence-corrected chi connectivity index (χ3v) is 6.06. The van der Waals surface area contributed by atoms with E-state index < -0.39 is 0 Å². The Morgan fingerprint density at radius 2 is 1.97 bits per heavy atom. The lowest BCUT2D eigenvalue weighted by atomic mass is 10.1. The van der Waals surface area contributed by atoms with Crippen LogP contribution in [0.3, 0.4) is 0 Å². The monoisotopic (exact) mass is 411 g/mol. The number of ether oxygens (including phenoxy) is 1. The topological polar surface area (TPSA) is 96.6 Å². The van der Waals surface area contributed by atoms with E-state index in [2.05, 4.69) is 11.1 Å². The Kier molecular flexibility index (Phi) is 4.06. The number of imidazole rings is 1. The predicted molar refractivity (Wildman–Crippen MR) is 116 cm³/mol. The number of aromatic nitrogens is 4. The summed E-state index contributed by atoms with van der Waals surface area (Å²) >= 11 is 0. The van der Waals surface area contributed by atoms with Crippen LogP contribution in [-0.4, -0.2) is 26.4 Å². The van der Waals surface area contributed by atoms with Crippen LogP contribution in [0, 0.1) is 17.2 Å². The number of benzene rings is 2. The second-order valence-electron chi connectivity index (χ2n) is 8.57. The van der Waals surface area contributed by atoms with E-state index in [0.29, 0.717) is 35.6 Å². The van der Waals surface area contributed by atoms with Crippen molar-refractivity contribution in [2.45, 2.75) is 38.1 Å². The van der Waals surface area contributed by atoms with Crippen molar-refractivity contribution < 1.29 is 4.74 Å². The molecule has 0 radical (unpaired) electrons. The van der Waals surface area contributed by atoms with Crippen LogP contribution < -0.4 is 10.3 Å². The third kappa shape index (κ3) is 3.34. The van der Waals surface area contributed by atoms with E-state index in [0.717, 1.165) is 40.8 Å². The molecule has 2 heterocycles. The third-order valence-electron chi connectivity index (χ3n) is 6.06. The zero-order valence-electron chi connectivity index (χ0n) is 17.0. The normalized spacial score (nSPS) is 16.0. The summed E-state index contributed by atoms with van der Waals surface area (Å²) in [5, 5.41) is 15.8. The van der Waals surface area contributed by atoms with Crippen molar-refractivity contribution in [2.75, 3.05) is 6.61 Å². The van der Waals surface area contributed by atoms with Crippen molar-refractivity contribution in [2.24, 2.45) is 5.92 Å². The zero-order valence-corrected chi connectivity index (χ0v) is 17.0. The molecule has 7 heteroatoms. The van der Waals surface area contributed by atoms with Gasteiger partial charge in [-0.05, 0) is 43.7 Å². The summed E-state index contributed by atoms with van der Waals surface area (Å²) in [6.45, 7) is 0.653. The summed E-state index contributed by atoms with van der Waals surface area (Å²) in [6, 6.07) is 13.7. The highest BCUT2D eigenvalue weighted by molar-refractivity contribution is 5.84. The number of nitrogens with one attached hydrogen (secondary N) is 1. The lowest BCUT2D eigenvalue weighted by Gasteiger charge is -2.09. The van der Waals surface area contributed by atoms with Crippen LogP contribution in [0.15, 0.2) is 41.2 Å². The minimum absolute atomic E-state index is 0.0254. The van der Waals surface area contributed by atoms with Gasteiger partial charge in [0, 0.05) is 11.5 Å². The number of hydrogen-bond donors (Lipinski definition) is 1. The summed E-state index contributed by atoms with van der Waals surface area (Å²) in [5.41, 5.74) is 2.86. The highest BCUT2D eigenvalue weighted by atomic mass is 16.5. The number of H-pyrrole nitrogens is 1. The molecule has 31 heavy (non-hydrogen) atoms. The highest BCUT2D eigenvalue weighted by Gasteiger charge is 2.27. The van der Waals surface area contributed by atoms with Crippen molar-refractivity contribution in [1.29, 1.82) is 5.26 Å². The predicted octanol–water partition coefficient (Wildman–Crippen LogP) is 3.86. The Bertz CT molecular complexity index is 1420. The molecule has 2 aromatic heterocycles. The molecule has 2 aliphatic carbocycles. The Labute approximate surface area is 178 Å². The Morgan fingerprint density at radius 3 is 2.71 bits per heavy atom. The maximum absolute atomic E-state index is 12.8. The molecule has 0 aliphatic heterocycles. The molecule has 2 aromatic carbocycles. The first-order valence-corrected chi connectivity index (χ1v) is 10.8. The maximum Gasteiger partial charge on any atom is 0.274 e. The van der Waals surface area contributed by atoms with Gasteiger partial charge in [0.2, 0.25) is 0 Å². The Hall–Kier alpha value is -3.66. The summed E-state index contributed by atoms with van der Waals surface area (Å²) in [5.74, 6) is 1.96. The Balaban J connectivity index is 1.39. The van der Waals surface area contributed by atoms with Gasteiger partial charge in [-0.15, -0.1) is 0 Å². The van der Waals surface area contributed by atoms with Gasteiger partial charge in [0.15, 0.2) is 0 Å². The van der Waals surface area contributed by atoms with E-state index in [4.69, 9.17) is 14.8 Å². The largest absolute Gasteiger partial charge is 0.492 e. The fourth-order valence-corrected chi connectivity index (χ4v) is 4.00. The summed E-state index contributed by atoms with van der Waals surface area (Å²) < 4.78 is 7.52. The molecule has 154 valence electrons. The van der Waals surface area contributed by atoms with Crippen LogP contribution in [0.25, 0.3) is 21.8 Å². The highest BCUT2D eigenvalue weighted by Crippen LogP contribution is 2.34. The molecule has 0 amide bonds. The van der Waals surface area contributed by atoms with E-state index in [9.17, 15) is 10.1 Å². The van der Waals surface area contributed by atoms with Crippen LogP contribution in [0.4, 0.5) is 0 Å². The quantitative estimate of drug-likeness (QED) is 0.520. The lowest BCUT2D eigenvalue weighted by Crippen LogP contribution is -2.24. The fourth-order valence-electron chi connectivity index (χ4n) is 4.00. The van der Waals surface area contributed by atoms with Crippen molar-refractivity contribution in [1.82, 2.24) is 19.7 Å². The van der Waals surface area contributed by atoms with Gasteiger partial charge in [-0.2, -0.15) is 10.4 Å². The zero-order chi connectivity index (χ0) is 20.9. The molecule has 0 bridgehead atoms.